The second-order valence-corrected chi connectivity index (χ2v) is 15.8. The molecule has 0 bridgehead atoms. The highest BCUT2D eigenvalue weighted by atomic mass is 79.9. The molecule has 7 heterocycles. The van der Waals surface area contributed by atoms with Crippen LogP contribution in [-0.2, 0) is 35.5 Å². The maximum atomic E-state index is 14.1. The van der Waals surface area contributed by atoms with Gasteiger partial charge in [0.2, 0.25) is 0 Å². The normalized spacial score (nSPS) is 21.9. The zero-order valence-corrected chi connectivity index (χ0v) is 31.0. The number of likely N-dealkylation sites (N-methyl/N-ethyl adjacent to an activating group) is 1. The summed E-state index contributed by atoms with van der Waals surface area (Å²) in [6.45, 7) is 12.1. The van der Waals surface area contributed by atoms with Gasteiger partial charge in [-0.3, -0.25) is 14.6 Å². The fraction of sp³-hybridized carbons (Fsp3) is 0.447. The molecule has 0 aromatic carbocycles. The Morgan fingerprint density at radius 2 is 1.94 bits per heavy atom. The number of hydrogen-bond donors (Lipinski definition) is 2. The van der Waals surface area contributed by atoms with Crippen LogP contribution in [0.15, 0.2) is 58.7 Å². The van der Waals surface area contributed by atoms with Crippen molar-refractivity contribution < 1.29 is 19.4 Å². The number of carbonyl (C=O) groups is 1. The van der Waals surface area contributed by atoms with Gasteiger partial charge < -0.3 is 29.5 Å². The third-order valence-corrected chi connectivity index (χ3v) is 11.8. The lowest BCUT2D eigenvalue weighted by Crippen LogP contribution is -2.59. The fourth-order valence-electron chi connectivity index (χ4n) is 8.29. The first-order valence-electron chi connectivity index (χ1n) is 17.6. The monoisotopic (exact) mass is 754 g/mol. The topological polar surface area (TPSA) is 119 Å². The van der Waals surface area contributed by atoms with Crippen LogP contribution in [0.2, 0.25) is 0 Å². The number of ether oxygens (including phenoxy) is 1. The molecular formula is C38H43BrN8O4. The molecule has 13 heteroatoms. The number of carbonyl (C=O) groups excluding carboxylic acids is 2. The molecule has 12 nitrogen and oxygen atoms in total. The predicted molar refractivity (Wildman–Crippen MR) is 199 cm³/mol. The van der Waals surface area contributed by atoms with Gasteiger partial charge in [0.05, 0.1) is 47.9 Å². The minimum atomic E-state index is -0.326. The molecular weight excluding hydrogens is 712 g/mol. The Morgan fingerprint density at radius 3 is 2.63 bits per heavy atom. The summed E-state index contributed by atoms with van der Waals surface area (Å²) in [6.07, 6.45) is 9.05. The molecule has 51 heavy (non-hydrogen) atoms. The average Bonchev–Trinajstić information content (AvgIpc) is 3.54. The Balaban J connectivity index is 1.04. The van der Waals surface area contributed by atoms with Crippen molar-refractivity contribution in [3.05, 3.63) is 86.8 Å². The standard InChI is InChI=1S/C38H43BrN8O4/c1-23-17-44(26-21-51-22-26)9-10-45(23)25-5-6-33(41-16-25)42-30-13-24(18-43(4)32(30)20-49)27-7-8-40-36(29(27)19-48)47-12-11-46-31-15-38(2,3)14-28(31)34(39)35(46)37(47)50/h5-8,13,16,18,23,26,48H,9-12,14-15,17,19,21-22H2,1-4H3,(H,41,42)/t23-/m0/s1. The molecule has 0 unspecified atom stereocenters. The van der Waals surface area contributed by atoms with Gasteiger partial charge in [-0.25, -0.2) is 14.8 Å². The zero-order valence-electron chi connectivity index (χ0n) is 29.4. The molecule has 2 saturated heterocycles. The van der Waals surface area contributed by atoms with Crippen molar-refractivity contribution in [2.45, 2.75) is 58.8 Å². The number of pyridine rings is 2. The van der Waals surface area contributed by atoms with Gasteiger partial charge in [0.1, 0.15) is 23.0 Å². The molecule has 8 rings (SSSR count). The summed E-state index contributed by atoms with van der Waals surface area (Å²) in [5.41, 5.74) is 7.12. The first-order chi connectivity index (χ1) is 24.6. The van der Waals surface area contributed by atoms with Gasteiger partial charge in [0, 0.05) is 75.0 Å². The number of aliphatic hydroxyl groups excluding tert-OH is 1. The summed E-state index contributed by atoms with van der Waals surface area (Å²) in [4.78, 5) is 43.9. The van der Waals surface area contributed by atoms with E-state index in [0.717, 1.165) is 61.4 Å². The Morgan fingerprint density at radius 1 is 1.12 bits per heavy atom. The fourth-order valence-corrected chi connectivity index (χ4v) is 9.04. The maximum absolute atomic E-state index is 14.1. The predicted octanol–water partition coefficient (Wildman–Crippen LogP) is 4.23. The van der Waals surface area contributed by atoms with E-state index in [-0.39, 0.29) is 17.9 Å². The summed E-state index contributed by atoms with van der Waals surface area (Å²) in [5.74, 6) is 2.94. The molecule has 5 aliphatic rings. The van der Waals surface area contributed by atoms with E-state index in [0.29, 0.717) is 65.0 Å². The van der Waals surface area contributed by atoms with Crippen molar-refractivity contribution in [2.24, 2.45) is 5.41 Å². The Hall–Kier alpha value is -4.26. The lowest BCUT2D eigenvalue weighted by molar-refractivity contribution is -0.0691. The first-order valence-corrected chi connectivity index (χ1v) is 18.4. The van der Waals surface area contributed by atoms with Crippen LogP contribution in [0, 0.1) is 5.41 Å². The van der Waals surface area contributed by atoms with Crippen molar-refractivity contribution in [1.29, 1.82) is 0 Å². The zero-order chi connectivity index (χ0) is 35.6. The Kier molecular flexibility index (Phi) is 8.67. The second kappa shape index (κ2) is 13.1. The van der Waals surface area contributed by atoms with E-state index in [9.17, 15) is 14.7 Å². The maximum Gasteiger partial charge on any atom is 0.277 e. The number of halogens is 1. The molecule has 1 amide bonds. The van der Waals surface area contributed by atoms with Crippen LogP contribution >= 0.6 is 15.9 Å². The number of piperazine rings is 1. The van der Waals surface area contributed by atoms with Crippen molar-refractivity contribution >= 4 is 50.7 Å². The van der Waals surface area contributed by atoms with Crippen LogP contribution in [0.1, 0.15) is 53.6 Å². The summed E-state index contributed by atoms with van der Waals surface area (Å²) in [7, 11) is 1.78. The van der Waals surface area contributed by atoms with E-state index < -0.39 is 0 Å². The lowest BCUT2D eigenvalue weighted by atomic mass is 9.90. The summed E-state index contributed by atoms with van der Waals surface area (Å²) >= 11 is 3.77. The molecule has 4 aliphatic heterocycles. The van der Waals surface area contributed by atoms with Crippen molar-refractivity contribution in [2.75, 3.05) is 61.6 Å². The second-order valence-electron chi connectivity index (χ2n) is 15.0. The van der Waals surface area contributed by atoms with Crippen LogP contribution in [0.25, 0.3) is 5.57 Å². The number of aromatic nitrogens is 3. The SMILES string of the molecule is C[C@H]1CN(C2COC2)CCN1c1ccc(NC2=CC(c3ccnc(N4CCn5c6c(c(Br)c5C4=O)CC(C)(C)C6)c3CO)=CN(C)C2=C=O)nc1. The van der Waals surface area contributed by atoms with E-state index in [2.05, 4.69) is 73.4 Å². The van der Waals surface area contributed by atoms with Gasteiger partial charge in [-0.1, -0.05) is 13.8 Å². The molecule has 1 aliphatic carbocycles. The van der Waals surface area contributed by atoms with Crippen LogP contribution < -0.4 is 15.1 Å². The third-order valence-electron chi connectivity index (χ3n) is 10.9. The molecule has 3 aromatic heterocycles. The van der Waals surface area contributed by atoms with E-state index in [1.54, 1.807) is 23.0 Å². The Labute approximate surface area is 306 Å². The molecule has 0 spiro atoms. The third kappa shape index (κ3) is 5.90. The number of allylic oxidation sites excluding steroid dienone is 2. The Bertz CT molecular complexity index is 2010. The largest absolute Gasteiger partial charge is 0.392 e. The molecule has 1 atom stereocenters. The van der Waals surface area contributed by atoms with Gasteiger partial charge in [0.25, 0.3) is 5.91 Å². The molecule has 2 fully saturated rings. The lowest BCUT2D eigenvalue weighted by Gasteiger charge is -2.46. The highest BCUT2D eigenvalue weighted by Crippen LogP contribution is 2.45. The van der Waals surface area contributed by atoms with E-state index >= 15 is 0 Å². The highest BCUT2D eigenvalue weighted by molar-refractivity contribution is 9.10. The number of fused-ring (bicyclic) bond motifs is 3. The van der Waals surface area contributed by atoms with Crippen LogP contribution in [0.5, 0.6) is 0 Å². The van der Waals surface area contributed by atoms with Gasteiger partial charge in [-0.2, -0.15) is 0 Å². The van der Waals surface area contributed by atoms with Crippen molar-refractivity contribution in [3.63, 3.8) is 0 Å². The molecule has 2 N–H and O–H groups in total. The number of amides is 1. The molecule has 266 valence electrons. The van der Waals surface area contributed by atoms with Crippen molar-refractivity contribution in [3.8, 4) is 0 Å². The van der Waals surface area contributed by atoms with Gasteiger partial charge in [-0.15, -0.1) is 0 Å². The molecule has 3 aromatic rings. The number of nitrogens with zero attached hydrogens (tertiary/aromatic N) is 7. The molecule has 0 saturated carbocycles. The van der Waals surface area contributed by atoms with Crippen LogP contribution in [-0.4, -0.2) is 99.8 Å². The van der Waals surface area contributed by atoms with Gasteiger partial charge in [-0.05, 0) is 76.5 Å². The first kappa shape index (κ1) is 33.9. The number of hydrogen-bond acceptors (Lipinski definition) is 10. The van der Waals surface area contributed by atoms with Gasteiger partial charge >= 0.3 is 0 Å². The quantitative estimate of drug-likeness (QED) is 0.340. The molecule has 0 radical (unpaired) electrons. The summed E-state index contributed by atoms with van der Waals surface area (Å²) in [5, 5.41) is 14.1. The number of aliphatic hydroxyl groups is 1. The van der Waals surface area contributed by atoms with E-state index in [4.69, 9.17) is 9.72 Å². The van der Waals surface area contributed by atoms with E-state index in [1.165, 1.54) is 11.3 Å². The number of rotatable bonds is 7. The smallest absolute Gasteiger partial charge is 0.277 e. The van der Waals surface area contributed by atoms with Crippen LogP contribution in [0.4, 0.5) is 17.3 Å². The number of anilines is 3. The van der Waals surface area contributed by atoms with E-state index in [1.807, 2.05) is 30.6 Å². The highest BCUT2D eigenvalue weighted by Gasteiger charge is 2.40. The van der Waals surface area contributed by atoms with Gasteiger partial charge in [0.15, 0.2) is 5.94 Å². The number of nitrogens with one attached hydrogen (secondary N) is 1. The average molecular weight is 756 g/mol. The summed E-state index contributed by atoms with van der Waals surface area (Å²) in [6, 6.07) is 6.68. The summed E-state index contributed by atoms with van der Waals surface area (Å²) < 4.78 is 8.42. The minimum Gasteiger partial charge on any atom is -0.392 e. The van der Waals surface area contributed by atoms with Crippen LogP contribution in [0.3, 0.4) is 0 Å². The minimum absolute atomic E-state index is 0.141. The van der Waals surface area contributed by atoms with Crippen molar-refractivity contribution in [1.82, 2.24) is 24.3 Å².